The highest BCUT2D eigenvalue weighted by molar-refractivity contribution is 7.91. The van der Waals surface area contributed by atoms with Gasteiger partial charge in [0.2, 0.25) is 9.84 Å². The maximum atomic E-state index is 14.7. The Morgan fingerprint density at radius 3 is 1.28 bits per heavy atom. The second-order valence-corrected chi connectivity index (χ2v) is 17.0. The van der Waals surface area contributed by atoms with Crippen LogP contribution in [0, 0.1) is 0 Å². The number of rotatable bonds is 5. The van der Waals surface area contributed by atoms with Crippen LogP contribution in [0.1, 0.15) is 22.3 Å². The largest absolute Gasteiger partial charge is 0.248 e. The number of sulfone groups is 1. The lowest BCUT2D eigenvalue weighted by Crippen LogP contribution is -2.36. The molecule has 2 heterocycles. The summed E-state index contributed by atoms with van der Waals surface area (Å²) in [6.45, 7) is 0. The second-order valence-electron chi connectivity index (χ2n) is 15.1. The van der Waals surface area contributed by atoms with Crippen LogP contribution in [0.4, 0.5) is 0 Å². The maximum absolute atomic E-state index is 14.7. The number of pyridine rings is 1. The van der Waals surface area contributed by atoms with Crippen LogP contribution in [0.5, 0.6) is 0 Å². The van der Waals surface area contributed by atoms with Gasteiger partial charge in [-0.2, -0.15) is 0 Å². The summed E-state index contributed by atoms with van der Waals surface area (Å²) in [6, 6.07) is 72.6. The van der Waals surface area contributed by atoms with E-state index in [2.05, 4.69) is 158 Å². The lowest BCUT2D eigenvalue weighted by Gasteiger charge is -2.39. The average molecular weight is 762 g/mol. The molecule has 0 atom stereocenters. The quantitative estimate of drug-likeness (QED) is 0.175. The predicted octanol–water partition coefficient (Wildman–Crippen LogP) is 12.9. The first-order chi connectivity index (χ1) is 28.5. The normalized spacial score (nSPS) is 13.9. The van der Waals surface area contributed by atoms with Gasteiger partial charge in [-0.25, -0.2) is 13.4 Å². The number of benzene rings is 8. The third-order valence-electron chi connectivity index (χ3n) is 11.9. The summed E-state index contributed by atoms with van der Waals surface area (Å²) in [7, 11) is -3.85. The molecule has 3 nitrogen and oxygen atoms in total. The molecule has 9 aromatic rings. The van der Waals surface area contributed by atoms with E-state index in [1.165, 1.54) is 0 Å². The van der Waals surface area contributed by atoms with Crippen molar-refractivity contribution in [3.05, 3.63) is 235 Å². The molecule has 2 aliphatic rings. The van der Waals surface area contributed by atoms with E-state index in [-0.39, 0.29) is 0 Å². The van der Waals surface area contributed by atoms with Crippen molar-refractivity contribution >= 4 is 9.84 Å². The summed E-state index contributed by atoms with van der Waals surface area (Å²) in [5, 5.41) is 0. The molecule has 0 fully saturated rings. The Balaban J connectivity index is 1.18. The van der Waals surface area contributed by atoms with E-state index in [1.54, 1.807) is 12.1 Å². The standard InChI is InChI=1S/C54H35NO2S/c56-58(57)52-27-15-14-26-48(52)54(46-24-12-10-22-44(46)45-23-11-13-25-47(45)54)49-33-39(28-29-53(49)58)50-34-42(38-20-8-3-9-21-38)35-51(55-50)43-31-40(36-16-4-1-5-17-36)30-41(32-43)37-18-6-2-7-19-37/h1-35H. The Morgan fingerprint density at radius 1 is 0.310 bits per heavy atom. The summed E-state index contributed by atoms with van der Waals surface area (Å²) in [4.78, 5) is 6.12. The lowest BCUT2D eigenvalue weighted by atomic mass is 9.67. The molecule has 1 spiro atoms. The molecule has 1 aliphatic heterocycles. The smallest absolute Gasteiger partial charge is 0.207 e. The lowest BCUT2D eigenvalue weighted by molar-refractivity contribution is 0.580. The molecule has 4 heteroatoms. The maximum Gasteiger partial charge on any atom is 0.207 e. The van der Waals surface area contributed by atoms with E-state index in [0.717, 1.165) is 89.3 Å². The summed E-state index contributed by atoms with van der Waals surface area (Å²) in [5.74, 6) is 0. The minimum atomic E-state index is -3.85. The highest BCUT2D eigenvalue weighted by Crippen LogP contribution is 2.61. The summed E-state index contributed by atoms with van der Waals surface area (Å²) in [5.41, 5.74) is 15.0. The van der Waals surface area contributed by atoms with Crippen molar-refractivity contribution < 1.29 is 8.42 Å². The Kier molecular flexibility index (Phi) is 7.79. The van der Waals surface area contributed by atoms with Gasteiger partial charge in [-0.1, -0.05) is 164 Å². The monoisotopic (exact) mass is 761 g/mol. The summed E-state index contributed by atoms with van der Waals surface area (Å²) in [6.07, 6.45) is 0. The molecule has 1 aromatic heterocycles. The van der Waals surface area contributed by atoms with Crippen LogP contribution in [-0.2, 0) is 15.3 Å². The van der Waals surface area contributed by atoms with Crippen LogP contribution >= 0.6 is 0 Å². The van der Waals surface area contributed by atoms with Gasteiger partial charge in [-0.3, -0.25) is 0 Å². The fraction of sp³-hybridized carbons (Fsp3) is 0.0185. The van der Waals surface area contributed by atoms with Crippen molar-refractivity contribution in [2.24, 2.45) is 0 Å². The van der Waals surface area contributed by atoms with E-state index >= 15 is 0 Å². The van der Waals surface area contributed by atoms with Crippen LogP contribution in [0.2, 0.25) is 0 Å². The zero-order valence-electron chi connectivity index (χ0n) is 31.4. The number of aromatic nitrogens is 1. The molecule has 11 rings (SSSR count). The molecule has 58 heavy (non-hydrogen) atoms. The molecule has 1 aliphatic carbocycles. The highest BCUT2D eigenvalue weighted by Gasteiger charge is 2.53. The van der Waals surface area contributed by atoms with Crippen molar-refractivity contribution in [2.75, 3.05) is 0 Å². The van der Waals surface area contributed by atoms with Gasteiger partial charge in [0.05, 0.1) is 26.6 Å². The molecule has 0 saturated heterocycles. The predicted molar refractivity (Wildman–Crippen MR) is 234 cm³/mol. The first kappa shape index (κ1) is 34.1. The zero-order chi connectivity index (χ0) is 38.8. The van der Waals surface area contributed by atoms with Crippen LogP contribution in [0.15, 0.2) is 222 Å². The number of nitrogens with zero attached hydrogens (tertiary/aromatic N) is 1. The Labute approximate surface area is 338 Å². The van der Waals surface area contributed by atoms with Crippen molar-refractivity contribution in [2.45, 2.75) is 15.2 Å². The number of hydrogen-bond donors (Lipinski definition) is 0. The van der Waals surface area contributed by atoms with Crippen LogP contribution in [0.25, 0.3) is 67.0 Å². The minimum Gasteiger partial charge on any atom is -0.248 e. The third kappa shape index (κ3) is 5.19. The van der Waals surface area contributed by atoms with Crippen molar-refractivity contribution in [3.8, 4) is 67.0 Å². The van der Waals surface area contributed by atoms with Gasteiger partial charge in [-0.05, 0) is 115 Å². The van der Waals surface area contributed by atoms with E-state index in [4.69, 9.17) is 4.98 Å². The van der Waals surface area contributed by atoms with Gasteiger partial charge in [0.15, 0.2) is 0 Å². The second kappa shape index (κ2) is 13.2. The van der Waals surface area contributed by atoms with Crippen LogP contribution < -0.4 is 0 Å². The molecular weight excluding hydrogens is 727 g/mol. The van der Waals surface area contributed by atoms with E-state index < -0.39 is 15.3 Å². The summed E-state index contributed by atoms with van der Waals surface area (Å²) < 4.78 is 29.3. The van der Waals surface area contributed by atoms with Crippen LogP contribution in [0.3, 0.4) is 0 Å². The molecule has 0 unspecified atom stereocenters. The van der Waals surface area contributed by atoms with Gasteiger partial charge in [-0.15, -0.1) is 0 Å². The number of fused-ring (bicyclic) bond motifs is 9. The van der Waals surface area contributed by atoms with Crippen molar-refractivity contribution in [3.63, 3.8) is 0 Å². The SMILES string of the molecule is O=S1(=O)c2ccccc2C2(c3ccccc3-c3ccccc32)c2cc(-c3cc(-c4ccccc4)cc(-c4cc(-c5ccccc5)cc(-c5ccccc5)c4)n3)ccc21. The summed E-state index contributed by atoms with van der Waals surface area (Å²) >= 11 is 0. The van der Waals surface area contributed by atoms with E-state index in [9.17, 15) is 8.42 Å². The molecule has 274 valence electrons. The topological polar surface area (TPSA) is 47.0 Å². The van der Waals surface area contributed by atoms with E-state index in [0.29, 0.717) is 9.79 Å². The molecule has 0 amide bonds. The van der Waals surface area contributed by atoms with Gasteiger partial charge in [0.1, 0.15) is 0 Å². The van der Waals surface area contributed by atoms with Gasteiger partial charge in [0.25, 0.3) is 0 Å². The first-order valence-corrected chi connectivity index (χ1v) is 21.0. The Bertz CT molecular complexity index is 3070. The fourth-order valence-corrected chi connectivity index (χ4v) is 11.1. The molecule has 0 saturated carbocycles. The van der Waals surface area contributed by atoms with Gasteiger partial charge >= 0.3 is 0 Å². The molecule has 0 bridgehead atoms. The Morgan fingerprint density at radius 2 is 0.724 bits per heavy atom. The average Bonchev–Trinajstić information content (AvgIpc) is 3.59. The van der Waals surface area contributed by atoms with E-state index in [1.807, 2.05) is 42.5 Å². The fourth-order valence-electron chi connectivity index (χ4n) is 9.30. The minimum absolute atomic E-state index is 0.323. The third-order valence-corrected chi connectivity index (χ3v) is 13.7. The van der Waals surface area contributed by atoms with Gasteiger partial charge < -0.3 is 0 Å². The molecule has 8 aromatic carbocycles. The molecule has 0 N–H and O–H groups in total. The first-order valence-electron chi connectivity index (χ1n) is 19.5. The molecule has 0 radical (unpaired) electrons. The van der Waals surface area contributed by atoms with Gasteiger partial charge in [0, 0.05) is 11.1 Å². The van der Waals surface area contributed by atoms with Crippen molar-refractivity contribution in [1.82, 2.24) is 4.98 Å². The highest BCUT2D eigenvalue weighted by atomic mass is 32.2. The zero-order valence-corrected chi connectivity index (χ0v) is 32.2. The Hall–Kier alpha value is -7.14. The van der Waals surface area contributed by atoms with Crippen molar-refractivity contribution in [1.29, 1.82) is 0 Å². The number of hydrogen-bond acceptors (Lipinski definition) is 3. The molecular formula is C54H35NO2S. The van der Waals surface area contributed by atoms with Crippen LogP contribution in [-0.4, -0.2) is 13.4 Å².